The lowest BCUT2D eigenvalue weighted by molar-refractivity contribution is -0.139. The van der Waals surface area contributed by atoms with Crippen LogP contribution in [0.25, 0.3) is 17.4 Å². The summed E-state index contributed by atoms with van der Waals surface area (Å²) in [7, 11) is 0. The molecule has 40 heavy (non-hydrogen) atoms. The number of carbonyl (C=O) groups excluding carboxylic acids is 3. The molecule has 1 saturated heterocycles. The number of carbonyl (C=O) groups is 3. The molecule has 2 atom stereocenters. The van der Waals surface area contributed by atoms with Crippen LogP contribution in [-0.2, 0) is 25.5 Å². The van der Waals surface area contributed by atoms with Gasteiger partial charge in [0.1, 0.15) is 29.3 Å². The molecule has 7 nitrogen and oxygen atoms in total. The summed E-state index contributed by atoms with van der Waals surface area (Å²) in [6, 6.07) is 14.8. The first-order chi connectivity index (χ1) is 19.4. The van der Waals surface area contributed by atoms with Gasteiger partial charge in [0.15, 0.2) is 5.76 Å². The molecule has 1 aliphatic carbocycles. The summed E-state index contributed by atoms with van der Waals surface area (Å²) in [5, 5.41) is 0. The molecule has 1 aromatic heterocycles. The molecular weight excluding hydrogens is 508 g/mol. The van der Waals surface area contributed by atoms with Crippen LogP contribution in [-0.4, -0.2) is 31.3 Å². The van der Waals surface area contributed by atoms with Gasteiger partial charge in [-0.15, -0.1) is 0 Å². The van der Waals surface area contributed by atoms with Crippen LogP contribution in [0.4, 0.5) is 0 Å². The van der Waals surface area contributed by atoms with Crippen molar-refractivity contribution in [2.45, 2.75) is 33.1 Å². The Balaban J connectivity index is 1.36. The predicted molar refractivity (Wildman–Crippen MR) is 148 cm³/mol. The molecule has 202 valence electrons. The monoisotopic (exact) mass is 536 g/mol. The van der Waals surface area contributed by atoms with Crippen LogP contribution in [0.15, 0.2) is 81.7 Å². The van der Waals surface area contributed by atoms with Crippen LogP contribution in [0.5, 0.6) is 5.75 Å². The Morgan fingerprint density at radius 1 is 1.07 bits per heavy atom. The Bertz CT molecular complexity index is 1650. The van der Waals surface area contributed by atoms with E-state index < -0.39 is 17.8 Å². The molecule has 0 amide bonds. The number of Topliss-reactive ketones (excluding diaryl/α,β-unsaturated/α-hetero) is 1. The van der Waals surface area contributed by atoms with E-state index in [1.165, 1.54) is 0 Å². The van der Waals surface area contributed by atoms with Crippen molar-refractivity contribution in [3.8, 4) is 17.1 Å². The van der Waals surface area contributed by atoms with Crippen LogP contribution >= 0.6 is 0 Å². The Morgan fingerprint density at radius 3 is 2.70 bits per heavy atom. The van der Waals surface area contributed by atoms with Gasteiger partial charge < -0.3 is 18.6 Å². The molecule has 3 aromatic rings. The van der Waals surface area contributed by atoms with Gasteiger partial charge in [-0.3, -0.25) is 9.59 Å². The third-order valence-corrected chi connectivity index (χ3v) is 7.61. The van der Waals surface area contributed by atoms with Crippen molar-refractivity contribution in [2.24, 2.45) is 5.92 Å². The van der Waals surface area contributed by atoms with Gasteiger partial charge in [0.2, 0.25) is 5.78 Å². The van der Waals surface area contributed by atoms with E-state index in [0.717, 1.165) is 40.7 Å². The fraction of sp³-hybridized carbons (Fsp3) is 0.242. The lowest BCUT2D eigenvalue weighted by Crippen LogP contribution is -2.28. The SMILES string of the molecule is CCOC(=O)C1=C(C)C=C2O/C(=C\c3ccc(-c4ccc(C=O)cc4C)o3)C(=O)C2C1c1ccc2c(c1)OCC2. The number of ketones is 1. The number of fused-ring (bicyclic) bond motifs is 2. The number of esters is 1. The normalized spacial score (nSPS) is 20.5. The second kappa shape index (κ2) is 10.2. The highest BCUT2D eigenvalue weighted by molar-refractivity contribution is 6.06. The molecular formula is C33H28O7. The maximum absolute atomic E-state index is 13.9. The number of benzene rings is 2. The summed E-state index contributed by atoms with van der Waals surface area (Å²) in [5.74, 6) is 0.479. The number of rotatable bonds is 6. The first-order valence-corrected chi connectivity index (χ1v) is 13.3. The molecule has 7 heteroatoms. The van der Waals surface area contributed by atoms with Crippen molar-refractivity contribution in [3.05, 3.63) is 105 Å². The number of aldehydes is 1. The van der Waals surface area contributed by atoms with E-state index in [1.54, 1.807) is 37.3 Å². The summed E-state index contributed by atoms with van der Waals surface area (Å²) in [4.78, 5) is 38.1. The highest BCUT2D eigenvalue weighted by atomic mass is 16.5. The predicted octanol–water partition coefficient (Wildman–Crippen LogP) is 6.12. The Morgan fingerprint density at radius 2 is 1.93 bits per heavy atom. The van der Waals surface area contributed by atoms with Crippen molar-refractivity contribution < 1.29 is 33.0 Å². The van der Waals surface area contributed by atoms with Gasteiger partial charge in [0.05, 0.1) is 19.1 Å². The van der Waals surface area contributed by atoms with E-state index in [-0.39, 0.29) is 18.1 Å². The second-order valence-electron chi connectivity index (χ2n) is 10.2. The van der Waals surface area contributed by atoms with Crippen LogP contribution < -0.4 is 4.74 Å². The van der Waals surface area contributed by atoms with Gasteiger partial charge in [0.25, 0.3) is 0 Å². The zero-order valence-electron chi connectivity index (χ0n) is 22.5. The Labute approximate surface area is 231 Å². The first kappa shape index (κ1) is 25.6. The average molecular weight is 537 g/mol. The maximum atomic E-state index is 13.9. The van der Waals surface area contributed by atoms with E-state index >= 15 is 0 Å². The Kier molecular flexibility index (Phi) is 6.50. The number of hydrogen-bond donors (Lipinski definition) is 0. The van der Waals surface area contributed by atoms with Gasteiger partial charge in [-0.2, -0.15) is 0 Å². The summed E-state index contributed by atoms with van der Waals surface area (Å²) in [6.07, 6.45) is 4.97. The van der Waals surface area contributed by atoms with Gasteiger partial charge in [-0.25, -0.2) is 4.79 Å². The summed E-state index contributed by atoms with van der Waals surface area (Å²) < 4.78 is 23.4. The van der Waals surface area contributed by atoms with Crippen LogP contribution in [0, 0.1) is 12.8 Å². The van der Waals surface area contributed by atoms with E-state index in [4.69, 9.17) is 18.6 Å². The van der Waals surface area contributed by atoms with Crippen LogP contribution in [0.1, 0.15) is 52.6 Å². The molecule has 2 unspecified atom stereocenters. The van der Waals surface area contributed by atoms with E-state index in [1.807, 2.05) is 44.2 Å². The lowest BCUT2D eigenvalue weighted by atomic mass is 9.73. The molecule has 0 spiro atoms. The summed E-state index contributed by atoms with van der Waals surface area (Å²) >= 11 is 0. The van der Waals surface area contributed by atoms with Crippen LogP contribution in [0.2, 0.25) is 0 Å². The summed E-state index contributed by atoms with van der Waals surface area (Å²) in [5.41, 5.74) is 5.38. The fourth-order valence-corrected chi connectivity index (χ4v) is 5.74. The van der Waals surface area contributed by atoms with Crippen molar-refractivity contribution >= 4 is 24.1 Å². The highest BCUT2D eigenvalue weighted by Crippen LogP contribution is 2.49. The third kappa shape index (κ3) is 4.37. The zero-order valence-corrected chi connectivity index (χ0v) is 22.5. The number of aryl methyl sites for hydroxylation is 1. The third-order valence-electron chi connectivity index (χ3n) is 7.61. The van der Waals surface area contributed by atoms with Crippen molar-refractivity contribution in [1.82, 2.24) is 0 Å². The minimum atomic E-state index is -0.721. The smallest absolute Gasteiger partial charge is 0.334 e. The minimum Gasteiger partial charge on any atom is -0.493 e. The van der Waals surface area contributed by atoms with E-state index in [9.17, 15) is 14.4 Å². The fourth-order valence-electron chi connectivity index (χ4n) is 5.74. The van der Waals surface area contributed by atoms with Gasteiger partial charge in [-0.05, 0) is 73.4 Å². The zero-order chi connectivity index (χ0) is 28.0. The van der Waals surface area contributed by atoms with Gasteiger partial charge in [-0.1, -0.05) is 24.3 Å². The molecule has 0 bridgehead atoms. The molecule has 2 aromatic carbocycles. The molecule has 3 heterocycles. The topological polar surface area (TPSA) is 92.0 Å². The van der Waals surface area contributed by atoms with E-state index in [2.05, 4.69) is 0 Å². The molecule has 0 saturated carbocycles. The number of furan rings is 1. The average Bonchev–Trinajstić information content (AvgIpc) is 3.67. The van der Waals surface area contributed by atoms with E-state index in [0.29, 0.717) is 40.6 Å². The Hall–Kier alpha value is -4.65. The number of ether oxygens (including phenoxy) is 3. The highest BCUT2D eigenvalue weighted by Gasteiger charge is 2.48. The molecule has 3 aliphatic rings. The maximum Gasteiger partial charge on any atom is 0.334 e. The molecule has 0 N–H and O–H groups in total. The molecule has 1 fully saturated rings. The first-order valence-electron chi connectivity index (χ1n) is 13.3. The van der Waals surface area contributed by atoms with Crippen molar-refractivity contribution in [1.29, 1.82) is 0 Å². The largest absolute Gasteiger partial charge is 0.493 e. The lowest BCUT2D eigenvalue weighted by Gasteiger charge is -2.29. The van der Waals surface area contributed by atoms with Gasteiger partial charge >= 0.3 is 5.97 Å². The standard InChI is InChI=1S/C33H28O7/c1-4-37-33(36)29-19(3)14-27-31(30(29)22-7-6-21-11-12-38-26(21)15-22)32(35)28(40-27)16-23-8-10-25(39-23)24-9-5-20(17-34)13-18(24)2/h5-10,13-17,30-31H,4,11-12H2,1-3H3/b28-16-. The summed E-state index contributed by atoms with van der Waals surface area (Å²) in [6.45, 7) is 6.34. The van der Waals surface area contributed by atoms with Gasteiger partial charge in [0, 0.05) is 35.1 Å². The second-order valence-corrected chi connectivity index (χ2v) is 10.2. The molecule has 0 radical (unpaired) electrons. The number of hydrogen-bond acceptors (Lipinski definition) is 7. The quantitative estimate of drug-likeness (QED) is 0.213. The van der Waals surface area contributed by atoms with Crippen molar-refractivity contribution in [2.75, 3.05) is 13.2 Å². The van der Waals surface area contributed by atoms with Crippen LogP contribution in [0.3, 0.4) is 0 Å². The molecule has 6 rings (SSSR count). The minimum absolute atomic E-state index is 0.144. The number of allylic oxidation sites excluding steroid dienone is 4. The molecule has 2 aliphatic heterocycles. The van der Waals surface area contributed by atoms with Crippen molar-refractivity contribution in [3.63, 3.8) is 0 Å².